The van der Waals surface area contributed by atoms with Crippen LogP contribution < -0.4 is 5.73 Å². The highest BCUT2D eigenvalue weighted by Crippen LogP contribution is 2.27. The van der Waals surface area contributed by atoms with Crippen molar-refractivity contribution in [2.45, 2.75) is 39.0 Å². The first-order valence-electron chi connectivity index (χ1n) is 6.38. The number of nitrogen functional groups attached to an aromatic ring is 1. The lowest BCUT2D eigenvalue weighted by atomic mass is 10.00. The molecule has 0 fully saturated rings. The molecule has 1 atom stereocenters. The number of aliphatic hydroxyl groups is 1. The number of imidazole rings is 1. The van der Waals surface area contributed by atoms with Crippen molar-refractivity contribution in [1.29, 1.82) is 0 Å². The Hall–Kier alpha value is -1.62. The smallest absolute Gasteiger partial charge is 0.149 e. The minimum Gasteiger partial charge on any atom is -0.396 e. The quantitative estimate of drug-likeness (QED) is 0.847. The van der Waals surface area contributed by atoms with E-state index in [1.165, 1.54) is 0 Å². The van der Waals surface area contributed by atoms with E-state index >= 15 is 0 Å². The molecule has 5 heteroatoms. The summed E-state index contributed by atoms with van der Waals surface area (Å²) in [7, 11) is 0. The Kier molecular flexibility index (Phi) is 3.81. The number of fused-ring (bicyclic) bond motifs is 1. The Labute approximate surface area is 107 Å². The Balaban J connectivity index is 2.47. The molecule has 5 nitrogen and oxygen atoms in total. The molecule has 18 heavy (non-hydrogen) atoms. The van der Waals surface area contributed by atoms with E-state index in [9.17, 15) is 0 Å². The predicted molar refractivity (Wildman–Crippen MR) is 71.5 cm³/mol. The van der Waals surface area contributed by atoms with Crippen LogP contribution in [-0.4, -0.2) is 26.1 Å². The Morgan fingerprint density at radius 3 is 2.94 bits per heavy atom. The number of aromatic nitrogens is 3. The fourth-order valence-electron chi connectivity index (χ4n) is 2.41. The van der Waals surface area contributed by atoms with Gasteiger partial charge in [-0.05, 0) is 26.2 Å². The molecule has 0 spiro atoms. The number of nitrogens with zero attached hydrogens (tertiary/aromatic N) is 3. The van der Waals surface area contributed by atoms with Crippen molar-refractivity contribution in [3.63, 3.8) is 0 Å². The fraction of sp³-hybridized carbons (Fsp3) is 0.538. The molecule has 2 aromatic heterocycles. The first kappa shape index (κ1) is 12.8. The van der Waals surface area contributed by atoms with Gasteiger partial charge in [-0.2, -0.15) is 0 Å². The van der Waals surface area contributed by atoms with Gasteiger partial charge in [-0.1, -0.05) is 6.92 Å². The van der Waals surface area contributed by atoms with Gasteiger partial charge in [0, 0.05) is 24.9 Å². The highest BCUT2D eigenvalue weighted by Gasteiger charge is 2.18. The van der Waals surface area contributed by atoms with E-state index < -0.39 is 0 Å². The second-order valence-electron chi connectivity index (χ2n) is 4.56. The van der Waals surface area contributed by atoms with Crippen LogP contribution in [0.25, 0.3) is 5.52 Å². The number of nitrogens with two attached hydrogens (primary N) is 1. The number of anilines is 1. The lowest BCUT2D eigenvalue weighted by Gasteiger charge is -2.13. The van der Waals surface area contributed by atoms with Crippen LogP contribution in [0.5, 0.6) is 0 Å². The zero-order valence-corrected chi connectivity index (χ0v) is 10.9. The molecule has 2 heterocycles. The molecule has 3 N–H and O–H groups in total. The molecule has 0 saturated heterocycles. The number of rotatable bonds is 5. The van der Waals surface area contributed by atoms with Crippen LogP contribution in [0.3, 0.4) is 0 Å². The van der Waals surface area contributed by atoms with Gasteiger partial charge in [0.15, 0.2) is 0 Å². The van der Waals surface area contributed by atoms with Crippen molar-refractivity contribution in [3.8, 4) is 0 Å². The second-order valence-corrected chi connectivity index (χ2v) is 4.56. The van der Waals surface area contributed by atoms with Gasteiger partial charge in [0.1, 0.15) is 17.2 Å². The van der Waals surface area contributed by atoms with Crippen LogP contribution in [0, 0.1) is 6.92 Å². The maximum Gasteiger partial charge on any atom is 0.149 e. The molecule has 0 saturated carbocycles. The number of hydrogen-bond acceptors (Lipinski definition) is 4. The van der Waals surface area contributed by atoms with Crippen LogP contribution >= 0.6 is 0 Å². The molecule has 0 aliphatic carbocycles. The SMILES string of the molecule is CCC(CCCO)c1nc(C)c2c(N)nccn12. The molecule has 0 aliphatic rings. The van der Waals surface area contributed by atoms with E-state index in [0.29, 0.717) is 11.7 Å². The van der Waals surface area contributed by atoms with Crippen molar-refractivity contribution < 1.29 is 5.11 Å². The molecule has 0 bridgehead atoms. The summed E-state index contributed by atoms with van der Waals surface area (Å²) >= 11 is 0. The number of aryl methyl sites for hydroxylation is 1. The van der Waals surface area contributed by atoms with Crippen LogP contribution in [0.2, 0.25) is 0 Å². The average molecular weight is 248 g/mol. The maximum absolute atomic E-state index is 8.96. The van der Waals surface area contributed by atoms with E-state index in [0.717, 1.165) is 36.3 Å². The zero-order chi connectivity index (χ0) is 13.1. The van der Waals surface area contributed by atoms with E-state index in [4.69, 9.17) is 10.8 Å². The minimum atomic E-state index is 0.225. The van der Waals surface area contributed by atoms with Gasteiger partial charge >= 0.3 is 0 Å². The van der Waals surface area contributed by atoms with E-state index in [-0.39, 0.29) is 6.61 Å². The molecule has 2 aromatic rings. The Bertz CT molecular complexity index is 535. The molecule has 0 aliphatic heterocycles. The second kappa shape index (κ2) is 5.35. The van der Waals surface area contributed by atoms with E-state index in [1.807, 2.05) is 17.5 Å². The molecular weight excluding hydrogens is 228 g/mol. The third-order valence-electron chi connectivity index (χ3n) is 3.35. The molecule has 98 valence electrons. The highest BCUT2D eigenvalue weighted by atomic mass is 16.2. The normalized spacial score (nSPS) is 13.1. The maximum atomic E-state index is 8.96. The van der Waals surface area contributed by atoms with Gasteiger partial charge < -0.3 is 10.8 Å². The van der Waals surface area contributed by atoms with Crippen LogP contribution in [0.4, 0.5) is 5.82 Å². The summed E-state index contributed by atoms with van der Waals surface area (Å²) in [6.45, 7) is 4.32. The van der Waals surface area contributed by atoms with Crippen LogP contribution in [0.1, 0.15) is 43.6 Å². The summed E-state index contributed by atoms with van der Waals surface area (Å²) in [6.07, 6.45) is 6.34. The van der Waals surface area contributed by atoms with E-state index in [1.54, 1.807) is 6.20 Å². The topological polar surface area (TPSA) is 76.4 Å². The number of hydrogen-bond donors (Lipinski definition) is 2. The largest absolute Gasteiger partial charge is 0.396 e. The lowest BCUT2D eigenvalue weighted by Crippen LogP contribution is -2.05. The summed E-state index contributed by atoms with van der Waals surface area (Å²) in [5, 5.41) is 8.96. The average Bonchev–Trinajstić information content (AvgIpc) is 2.70. The van der Waals surface area contributed by atoms with Gasteiger partial charge in [0.05, 0.1) is 5.69 Å². The van der Waals surface area contributed by atoms with Crippen LogP contribution in [0.15, 0.2) is 12.4 Å². The molecule has 0 aromatic carbocycles. The van der Waals surface area contributed by atoms with Gasteiger partial charge in [0.25, 0.3) is 0 Å². The first-order valence-corrected chi connectivity index (χ1v) is 6.38. The standard InChI is InChI=1S/C13H20N4O/c1-3-10(5-4-8-18)13-16-9(2)11-12(14)15-6-7-17(11)13/h6-7,10,18H,3-5,8H2,1-2H3,(H2,14,15). The van der Waals surface area contributed by atoms with Gasteiger partial charge in [-0.25, -0.2) is 9.97 Å². The summed E-state index contributed by atoms with van der Waals surface area (Å²) in [6, 6.07) is 0. The third kappa shape index (κ3) is 2.18. The monoisotopic (exact) mass is 248 g/mol. The summed E-state index contributed by atoms with van der Waals surface area (Å²) in [5.41, 5.74) is 7.71. The summed E-state index contributed by atoms with van der Waals surface area (Å²) < 4.78 is 2.03. The molecule has 1 unspecified atom stereocenters. The lowest BCUT2D eigenvalue weighted by molar-refractivity contribution is 0.278. The van der Waals surface area contributed by atoms with Crippen molar-refractivity contribution in [3.05, 3.63) is 23.9 Å². The third-order valence-corrected chi connectivity index (χ3v) is 3.35. The predicted octanol–water partition coefficient (Wildman–Crippen LogP) is 1.89. The Morgan fingerprint density at radius 2 is 2.28 bits per heavy atom. The minimum absolute atomic E-state index is 0.225. The molecule has 2 rings (SSSR count). The molecule has 0 radical (unpaired) electrons. The first-order chi connectivity index (χ1) is 8.69. The van der Waals surface area contributed by atoms with E-state index in [2.05, 4.69) is 16.9 Å². The van der Waals surface area contributed by atoms with Crippen molar-refractivity contribution >= 4 is 11.3 Å². The molecule has 0 amide bonds. The zero-order valence-electron chi connectivity index (χ0n) is 10.9. The fourth-order valence-corrected chi connectivity index (χ4v) is 2.41. The van der Waals surface area contributed by atoms with Gasteiger partial charge in [-0.15, -0.1) is 0 Å². The summed E-state index contributed by atoms with van der Waals surface area (Å²) in [4.78, 5) is 8.74. The van der Waals surface area contributed by atoms with Crippen LogP contribution in [-0.2, 0) is 0 Å². The van der Waals surface area contributed by atoms with Crippen molar-refractivity contribution in [2.75, 3.05) is 12.3 Å². The Morgan fingerprint density at radius 1 is 1.50 bits per heavy atom. The molecular formula is C13H20N4O. The summed E-state index contributed by atoms with van der Waals surface area (Å²) in [5.74, 6) is 1.89. The van der Waals surface area contributed by atoms with Gasteiger partial charge in [0.2, 0.25) is 0 Å². The van der Waals surface area contributed by atoms with Gasteiger partial charge in [-0.3, -0.25) is 4.40 Å². The van der Waals surface area contributed by atoms with Crippen molar-refractivity contribution in [2.24, 2.45) is 0 Å². The highest BCUT2D eigenvalue weighted by molar-refractivity contribution is 5.68. The van der Waals surface area contributed by atoms with Crippen molar-refractivity contribution in [1.82, 2.24) is 14.4 Å². The number of aliphatic hydroxyl groups excluding tert-OH is 1.